The Balaban J connectivity index is 2.07. The fourth-order valence-electron chi connectivity index (χ4n) is 3.44. The molecule has 3 N–H and O–H groups in total. The number of carbonyl (C=O) groups excluding carboxylic acids is 2. The van der Waals surface area contributed by atoms with Gasteiger partial charge in [0.15, 0.2) is 0 Å². The van der Waals surface area contributed by atoms with Gasteiger partial charge in [0.05, 0.1) is 25.3 Å². The first-order chi connectivity index (χ1) is 14.5. The van der Waals surface area contributed by atoms with Crippen molar-refractivity contribution >= 4 is 17.4 Å². The molecule has 0 radical (unpaired) electrons. The van der Waals surface area contributed by atoms with Crippen LogP contribution in [0.15, 0.2) is 54.1 Å². The zero-order chi connectivity index (χ0) is 21.7. The molecule has 1 heterocycles. The summed E-state index contributed by atoms with van der Waals surface area (Å²) < 4.78 is 19.7. The van der Waals surface area contributed by atoms with Crippen LogP contribution in [0.2, 0.25) is 0 Å². The molecule has 0 saturated carbocycles. The Kier molecular flexibility index (Phi) is 6.81. The SMILES string of the molecule is COc1ccc(/C(O)=C2\C(=O)C(=O)N(CCNCCO)C2c2ccccc2F)cc1. The monoisotopic (exact) mass is 414 g/mol. The van der Waals surface area contributed by atoms with E-state index in [0.717, 1.165) is 0 Å². The number of methoxy groups -OCH3 is 1. The summed E-state index contributed by atoms with van der Waals surface area (Å²) in [6, 6.07) is 11.1. The van der Waals surface area contributed by atoms with E-state index in [2.05, 4.69) is 5.32 Å². The number of hydrogen-bond acceptors (Lipinski definition) is 6. The van der Waals surface area contributed by atoms with Crippen LogP contribution in [0.1, 0.15) is 17.2 Å². The minimum atomic E-state index is -1.07. The average molecular weight is 414 g/mol. The standard InChI is InChI=1S/C22H23FN2O5/c1-30-15-8-6-14(7-9-15)20(27)18-19(16-4-2-3-5-17(16)23)25(22(29)21(18)28)12-10-24-11-13-26/h2-9,19,24,26-27H,10-13H2,1H3/b20-18+. The van der Waals surface area contributed by atoms with Crippen molar-refractivity contribution in [3.63, 3.8) is 0 Å². The van der Waals surface area contributed by atoms with Gasteiger partial charge in [-0.1, -0.05) is 18.2 Å². The highest BCUT2D eigenvalue weighted by atomic mass is 19.1. The van der Waals surface area contributed by atoms with Crippen molar-refractivity contribution in [2.24, 2.45) is 0 Å². The second-order valence-corrected chi connectivity index (χ2v) is 6.72. The zero-order valence-electron chi connectivity index (χ0n) is 16.5. The van der Waals surface area contributed by atoms with Crippen LogP contribution < -0.4 is 10.1 Å². The fraction of sp³-hybridized carbons (Fsp3) is 0.273. The van der Waals surface area contributed by atoms with Crippen molar-refractivity contribution in [2.45, 2.75) is 6.04 Å². The molecule has 1 aliphatic rings. The van der Waals surface area contributed by atoms with Crippen molar-refractivity contribution in [2.75, 3.05) is 33.4 Å². The third kappa shape index (κ3) is 4.19. The Morgan fingerprint density at radius 1 is 1.13 bits per heavy atom. The lowest BCUT2D eigenvalue weighted by Crippen LogP contribution is -2.36. The third-order valence-electron chi connectivity index (χ3n) is 4.92. The molecule has 158 valence electrons. The van der Waals surface area contributed by atoms with Crippen molar-refractivity contribution in [3.05, 3.63) is 71.0 Å². The predicted molar refractivity (Wildman–Crippen MR) is 108 cm³/mol. The molecule has 3 rings (SSSR count). The van der Waals surface area contributed by atoms with E-state index in [9.17, 15) is 19.1 Å². The van der Waals surface area contributed by atoms with Crippen LogP contribution in [-0.2, 0) is 9.59 Å². The number of benzene rings is 2. The molecule has 0 spiro atoms. The number of Topliss-reactive ketones (excluding diaryl/α,β-unsaturated/α-hetero) is 1. The number of rotatable bonds is 8. The van der Waals surface area contributed by atoms with Gasteiger partial charge in [-0.25, -0.2) is 4.39 Å². The Bertz CT molecular complexity index is 958. The molecule has 8 heteroatoms. The molecule has 2 aromatic carbocycles. The molecule has 1 amide bonds. The van der Waals surface area contributed by atoms with Crippen molar-refractivity contribution in [1.82, 2.24) is 10.2 Å². The van der Waals surface area contributed by atoms with Gasteiger partial charge in [0.2, 0.25) is 0 Å². The summed E-state index contributed by atoms with van der Waals surface area (Å²) in [4.78, 5) is 26.8. The molecule has 1 unspecified atom stereocenters. The number of aliphatic hydroxyl groups is 2. The molecule has 1 atom stereocenters. The van der Waals surface area contributed by atoms with Crippen LogP contribution in [-0.4, -0.2) is 60.2 Å². The first kappa shape index (κ1) is 21.5. The summed E-state index contributed by atoms with van der Waals surface area (Å²) in [5.41, 5.74) is 0.264. The number of amides is 1. The molecule has 1 aliphatic heterocycles. The van der Waals surface area contributed by atoms with E-state index in [-0.39, 0.29) is 30.0 Å². The molecule has 30 heavy (non-hydrogen) atoms. The lowest BCUT2D eigenvalue weighted by atomic mass is 9.95. The summed E-state index contributed by atoms with van der Waals surface area (Å²) in [6.45, 7) is 0.636. The Labute approximate surface area is 173 Å². The van der Waals surface area contributed by atoms with Crippen LogP contribution in [0.25, 0.3) is 5.76 Å². The van der Waals surface area contributed by atoms with Crippen molar-refractivity contribution in [1.29, 1.82) is 0 Å². The Morgan fingerprint density at radius 3 is 2.47 bits per heavy atom. The van der Waals surface area contributed by atoms with Crippen LogP contribution in [0.5, 0.6) is 5.75 Å². The van der Waals surface area contributed by atoms with Crippen LogP contribution >= 0.6 is 0 Å². The molecule has 0 aromatic heterocycles. The minimum Gasteiger partial charge on any atom is -0.507 e. The van der Waals surface area contributed by atoms with Crippen LogP contribution in [0.3, 0.4) is 0 Å². The molecular weight excluding hydrogens is 391 g/mol. The lowest BCUT2D eigenvalue weighted by Gasteiger charge is -2.25. The summed E-state index contributed by atoms with van der Waals surface area (Å²) in [6.07, 6.45) is 0. The maximum atomic E-state index is 14.6. The highest BCUT2D eigenvalue weighted by molar-refractivity contribution is 6.46. The zero-order valence-corrected chi connectivity index (χ0v) is 16.5. The number of ketones is 1. The molecular formula is C22H23FN2O5. The number of carbonyl (C=O) groups is 2. The normalized spacial score (nSPS) is 18.1. The first-order valence-corrected chi connectivity index (χ1v) is 9.48. The van der Waals surface area contributed by atoms with Gasteiger partial charge in [-0.2, -0.15) is 0 Å². The second kappa shape index (κ2) is 9.51. The number of nitrogens with one attached hydrogen (secondary N) is 1. The molecule has 0 bridgehead atoms. The quantitative estimate of drug-likeness (QED) is 0.264. The smallest absolute Gasteiger partial charge is 0.295 e. The summed E-state index contributed by atoms with van der Waals surface area (Å²) in [5, 5.41) is 22.7. The summed E-state index contributed by atoms with van der Waals surface area (Å²) in [7, 11) is 1.50. The molecule has 0 aliphatic carbocycles. The predicted octanol–water partition coefficient (Wildman–Crippen LogP) is 1.84. The maximum Gasteiger partial charge on any atom is 0.295 e. The number of ether oxygens (including phenoxy) is 1. The highest BCUT2D eigenvalue weighted by Crippen LogP contribution is 2.40. The van der Waals surface area contributed by atoms with Gasteiger partial charge in [0.25, 0.3) is 11.7 Å². The second-order valence-electron chi connectivity index (χ2n) is 6.72. The summed E-state index contributed by atoms with van der Waals surface area (Å²) in [5.74, 6) is -2.09. The lowest BCUT2D eigenvalue weighted by molar-refractivity contribution is -0.139. The van der Waals surface area contributed by atoms with E-state index in [0.29, 0.717) is 24.4 Å². The van der Waals surface area contributed by atoms with Gasteiger partial charge in [-0.05, 0) is 30.3 Å². The molecule has 7 nitrogen and oxygen atoms in total. The Morgan fingerprint density at radius 2 is 1.83 bits per heavy atom. The van der Waals surface area contributed by atoms with Gasteiger partial charge >= 0.3 is 0 Å². The molecule has 2 aromatic rings. The number of likely N-dealkylation sites (tertiary alicyclic amines) is 1. The van der Waals surface area contributed by atoms with E-state index in [1.54, 1.807) is 30.3 Å². The van der Waals surface area contributed by atoms with Gasteiger partial charge in [-0.3, -0.25) is 9.59 Å². The minimum absolute atomic E-state index is 0.0764. The van der Waals surface area contributed by atoms with Gasteiger partial charge in [-0.15, -0.1) is 0 Å². The van der Waals surface area contributed by atoms with E-state index in [1.807, 2.05) is 0 Å². The van der Waals surface area contributed by atoms with Crippen molar-refractivity contribution in [3.8, 4) is 5.75 Å². The van der Waals surface area contributed by atoms with Gasteiger partial charge < -0.3 is 25.2 Å². The first-order valence-electron chi connectivity index (χ1n) is 9.48. The van der Waals surface area contributed by atoms with E-state index >= 15 is 0 Å². The maximum absolute atomic E-state index is 14.6. The highest BCUT2D eigenvalue weighted by Gasteiger charge is 2.46. The van der Waals surface area contributed by atoms with E-state index in [4.69, 9.17) is 9.84 Å². The van der Waals surface area contributed by atoms with E-state index < -0.39 is 23.5 Å². The van der Waals surface area contributed by atoms with Gasteiger partial charge in [0.1, 0.15) is 17.3 Å². The third-order valence-corrected chi connectivity index (χ3v) is 4.92. The topological polar surface area (TPSA) is 99.1 Å². The number of halogens is 1. The number of hydrogen-bond donors (Lipinski definition) is 3. The van der Waals surface area contributed by atoms with Crippen LogP contribution in [0, 0.1) is 5.82 Å². The molecule has 1 saturated heterocycles. The van der Waals surface area contributed by atoms with Gasteiger partial charge in [0, 0.05) is 30.8 Å². The fourth-order valence-corrected chi connectivity index (χ4v) is 3.44. The average Bonchev–Trinajstić information content (AvgIpc) is 3.01. The Hall–Kier alpha value is -3.23. The van der Waals surface area contributed by atoms with Crippen molar-refractivity contribution < 1.29 is 28.9 Å². The molecule has 1 fully saturated rings. The largest absolute Gasteiger partial charge is 0.507 e. The van der Waals surface area contributed by atoms with E-state index in [1.165, 1.54) is 30.2 Å². The number of nitrogens with zero attached hydrogens (tertiary/aromatic N) is 1. The summed E-state index contributed by atoms with van der Waals surface area (Å²) >= 11 is 0. The van der Waals surface area contributed by atoms with Crippen LogP contribution in [0.4, 0.5) is 4.39 Å². The number of aliphatic hydroxyl groups excluding tert-OH is 2.